The largest absolute Gasteiger partial charge is 0.479 e. The van der Waals surface area contributed by atoms with Gasteiger partial charge in [0.25, 0.3) is 0 Å². The van der Waals surface area contributed by atoms with E-state index in [2.05, 4.69) is 0 Å². The van der Waals surface area contributed by atoms with Crippen molar-refractivity contribution >= 4 is 5.97 Å². The van der Waals surface area contributed by atoms with E-state index in [0.717, 1.165) is 6.92 Å². The summed E-state index contributed by atoms with van der Waals surface area (Å²) in [5.41, 5.74) is -2.09. The van der Waals surface area contributed by atoms with Crippen LogP contribution < -0.4 is 0 Å². The van der Waals surface area contributed by atoms with E-state index in [4.69, 9.17) is 5.11 Å². The number of carbonyl (C=O) groups is 1. The predicted molar refractivity (Wildman–Crippen MR) is 45.8 cm³/mol. The summed E-state index contributed by atoms with van der Waals surface area (Å²) in [7, 11) is 0. The molecule has 0 aromatic carbocycles. The maximum Gasteiger partial charge on any atom is 0.341 e. The number of hydrogen-bond acceptors (Lipinski definition) is 1. The molecular weight excluding hydrogens is 159 g/mol. The quantitative estimate of drug-likeness (QED) is 0.717. The maximum atomic E-state index is 13.1. The first-order valence-corrected chi connectivity index (χ1v) is 4.07. The van der Waals surface area contributed by atoms with Crippen LogP contribution in [0.5, 0.6) is 0 Å². The summed E-state index contributed by atoms with van der Waals surface area (Å²) >= 11 is 0. The summed E-state index contributed by atoms with van der Waals surface area (Å²) in [4.78, 5) is 10.4. The molecule has 0 saturated heterocycles. The van der Waals surface area contributed by atoms with Crippen molar-refractivity contribution in [1.82, 2.24) is 0 Å². The Morgan fingerprint density at radius 2 is 1.67 bits per heavy atom. The van der Waals surface area contributed by atoms with Crippen LogP contribution >= 0.6 is 0 Å². The van der Waals surface area contributed by atoms with Crippen LogP contribution in [0.1, 0.15) is 40.5 Å². The molecule has 0 fully saturated rings. The third kappa shape index (κ3) is 4.31. The molecule has 1 atom stereocenters. The molecule has 0 aromatic rings. The van der Waals surface area contributed by atoms with Gasteiger partial charge in [-0.25, -0.2) is 9.18 Å². The number of alkyl halides is 1. The van der Waals surface area contributed by atoms with Crippen molar-refractivity contribution in [2.75, 3.05) is 0 Å². The Bertz CT molecular complexity index is 168. The Labute approximate surface area is 72.8 Å². The molecule has 1 unspecified atom stereocenters. The van der Waals surface area contributed by atoms with Gasteiger partial charge in [-0.3, -0.25) is 0 Å². The van der Waals surface area contributed by atoms with E-state index in [-0.39, 0.29) is 11.8 Å². The van der Waals surface area contributed by atoms with Gasteiger partial charge in [0.15, 0.2) is 0 Å². The molecule has 0 radical (unpaired) electrons. The molecular formula is C9H17FO2. The molecule has 0 amide bonds. The van der Waals surface area contributed by atoms with Crippen LogP contribution in [0.25, 0.3) is 0 Å². The zero-order chi connectivity index (χ0) is 9.99. The third-order valence-corrected chi connectivity index (χ3v) is 1.79. The van der Waals surface area contributed by atoms with Gasteiger partial charge in [0.2, 0.25) is 5.67 Å². The summed E-state index contributed by atoms with van der Waals surface area (Å²) in [6.45, 7) is 7.00. The van der Waals surface area contributed by atoms with E-state index in [9.17, 15) is 9.18 Å². The van der Waals surface area contributed by atoms with Crippen LogP contribution in [0.3, 0.4) is 0 Å². The molecule has 0 heterocycles. The Kier molecular flexibility index (Phi) is 3.25. The zero-order valence-corrected chi connectivity index (χ0v) is 8.15. The monoisotopic (exact) mass is 176 g/mol. The van der Waals surface area contributed by atoms with Gasteiger partial charge in [0.1, 0.15) is 0 Å². The average Bonchev–Trinajstić information content (AvgIpc) is 1.82. The number of halogens is 1. The van der Waals surface area contributed by atoms with Crippen LogP contribution in [-0.2, 0) is 4.79 Å². The highest BCUT2D eigenvalue weighted by atomic mass is 19.1. The Balaban J connectivity index is 4.01. The fraction of sp³-hybridized carbons (Fsp3) is 0.889. The van der Waals surface area contributed by atoms with Gasteiger partial charge >= 0.3 is 5.97 Å². The minimum absolute atomic E-state index is 0.0111. The lowest BCUT2D eigenvalue weighted by atomic mass is 9.86. The SMILES string of the molecule is CC(C)(C)CCC(C)(F)C(=O)O. The lowest BCUT2D eigenvalue weighted by Crippen LogP contribution is -2.31. The first-order valence-electron chi connectivity index (χ1n) is 4.07. The van der Waals surface area contributed by atoms with Crippen molar-refractivity contribution in [3.05, 3.63) is 0 Å². The van der Waals surface area contributed by atoms with Crippen molar-refractivity contribution in [1.29, 1.82) is 0 Å². The van der Waals surface area contributed by atoms with Gasteiger partial charge in [0, 0.05) is 0 Å². The topological polar surface area (TPSA) is 37.3 Å². The van der Waals surface area contributed by atoms with Crippen LogP contribution in [0.15, 0.2) is 0 Å². The van der Waals surface area contributed by atoms with Crippen molar-refractivity contribution in [2.45, 2.75) is 46.2 Å². The summed E-state index contributed by atoms with van der Waals surface area (Å²) in [6.07, 6.45) is 0.651. The van der Waals surface area contributed by atoms with Crippen molar-refractivity contribution < 1.29 is 14.3 Å². The van der Waals surface area contributed by atoms with E-state index in [0.29, 0.717) is 6.42 Å². The second kappa shape index (κ2) is 3.42. The maximum absolute atomic E-state index is 13.1. The molecule has 1 N–H and O–H groups in total. The van der Waals surface area contributed by atoms with Crippen LogP contribution in [0.2, 0.25) is 0 Å². The van der Waals surface area contributed by atoms with Gasteiger partial charge in [-0.05, 0) is 25.2 Å². The van der Waals surface area contributed by atoms with E-state index in [1.807, 2.05) is 20.8 Å². The number of carboxylic acids is 1. The number of carboxylic acid groups (broad SMARTS) is 1. The Morgan fingerprint density at radius 1 is 1.25 bits per heavy atom. The van der Waals surface area contributed by atoms with Crippen LogP contribution in [0, 0.1) is 5.41 Å². The zero-order valence-electron chi connectivity index (χ0n) is 8.15. The molecule has 0 saturated carbocycles. The smallest absolute Gasteiger partial charge is 0.341 e. The van der Waals surface area contributed by atoms with E-state index < -0.39 is 11.6 Å². The third-order valence-electron chi connectivity index (χ3n) is 1.79. The fourth-order valence-corrected chi connectivity index (χ4v) is 0.717. The molecule has 72 valence electrons. The van der Waals surface area contributed by atoms with Crippen molar-refractivity contribution in [3.8, 4) is 0 Å². The summed E-state index contributed by atoms with van der Waals surface area (Å²) < 4.78 is 13.1. The van der Waals surface area contributed by atoms with Gasteiger partial charge in [-0.15, -0.1) is 0 Å². The highest BCUT2D eigenvalue weighted by Crippen LogP contribution is 2.27. The second-order valence-corrected chi connectivity index (χ2v) is 4.56. The molecule has 0 spiro atoms. The normalized spacial score (nSPS) is 17.1. The average molecular weight is 176 g/mol. The van der Waals surface area contributed by atoms with Gasteiger partial charge < -0.3 is 5.11 Å². The van der Waals surface area contributed by atoms with E-state index in [1.54, 1.807) is 0 Å². The first-order chi connectivity index (χ1) is 5.15. The molecule has 0 aliphatic carbocycles. The highest BCUT2D eigenvalue weighted by Gasteiger charge is 2.33. The fourth-order valence-electron chi connectivity index (χ4n) is 0.717. The van der Waals surface area contributed by atoms with E-state index in [1.165, 1.54) is 0 Å². The molecule has 12 heavy (non-hydrogen) atoms. The molecule has 0 aliphatic rings. The molecule has 0 aromatic heterocycles. The molecule has 0 bridgehead atoms. The minimum atomic E-state index is -2.08. The molecule has 0 aliphatic heterocycles. The summed E-state index contributed by atoms with van der Waals surface area (Å²) in [5.74, 6) is -1.37. The van der Waals surface area contributed by atoms with E-state index >= 15 is 0 Å². The Hall–Kier alpha value is -0.600. The van der Waals surface area contributed by atoms with Gasteiger partial charge in [0.05, 0.1) is 0 Å². The number of hydrogen-bond donors (Lipinski definition) is 1. The standard InChI is InChI=1S/C9H17FO2/c1-8(2,3)5-6-9(4,10)7(11)12/h5-6H2,1-4H3,(H,11,12). The first kappa shape index (κ1) is 11.4. The molecule has 2 nitrogen and oxygen atoms in total. The summed E-state index contributed by atoms with van der Waals surface area (Å²) in [5, 5.41) is 8.46. The molecule has 3 heteroatoms. The predicted octanol–water partition coefficient (Wildman–Crippen LogP) is 2.63. The van der Waals surface area contributed by atoms with Gasteiger partial charge in [-0.2, -0.15) is 0 Å². The lowest BCUT2D eigenvalue weighted by Gasteiger charge is -2.22. The summed E-state index contributed by atoms with van der Waals surface area (Å²) in [6, 6.07) is 0. The number of aliphatic carboxylic acids is 1. The highest BCUT2D eigenvalue weighted by molar-refractivity contribution is 5.76. The minimum Gasteiger partial charge on any atom is -0.479 e. The second-order valence-electron chi connectivity index (χ2n) is 4.56. The Morgan fingerprint density at radius 3 is 1.92 bits per heavy atom. The molecule has 0 rings (SSSR count). The van der Waals surface area contributed by atoms with Crippen LogP contribution in [0.4, 0.5) is 4.39 Å². The van der Waals surface area contributed by atoms with Crippen molar-refractivity contribution in [3.63, 3.8) is 0 Å². The van der Waals surface area contributed by atoms with Gasteiger partial charge in [-0.1, -0.05) is 20.8 Å². The lowest BCUT2D eigenvalue weighted by molar-refractivity contribution is -0.150. The number of rotatable bonds is 3. The van der Waals surface area contributed by atoms with Crippen LogP contribution in [-0.4, -0.2) is 16.7 Å². The van der Waals surface area contributed by atoms with Crippen molar-refractivity contribution in [2.24, 2.45) is 5.41 Å².